The molecule has 1 aromatic rings. The number of hydrogen-bond acceptors (Lipinski definition) is 4. The highest BCUT2D eigenvalue weighted by Crippen LogP contribution is 2.49. The van der Waals surface area contributed by atoms with Gasteiger partial charge in [0.15, 0.2) is 0 Å². The standard InChI is InChI=1S/C15H21F3N2O2.C8H9F2N/c16-15(17,18)14(5-6-14)19-12(22)7-20-9-13(10-20)3-1-11(8-21)2-4-13;1-11-7-4-2-3-6(5-7)8(9)10/h8,11H,1-7,9-10H2,(H,19,22);2-5,8,11H,1H3. The molecule has 1 amide bonds. The first-order chi connectivity index (χ1) is 15.5. The number of alkyl halides is 5. The highest BCUT2D eigenvalue weighted by atomic mass is 19.4. The van der Waals surface area contributed by atoms with Crippen molar-refractivity contribution >= 4 is 17.9 Å². The lowest BCUT2D eigenvalue weighted by atomic mass is 9.66. The van der Waals surface area contributed by atoms with E-state index in [0.29, 0.717) is 5.69 Å². The maximum Gasteiger partial charge on any atom is 0.411 e. The topological polar surface area (TPSA) is 61.4 Å². The quantitative estimate of drug-likeness (QED) is 0.468. The van der Waals surface area contributed by atoms with Gasteiger partial charge in [-0.25, -0.2) is 8.78 Å². The molecule has 2 saturated carbocycles. The van der Waals surface area contributed by atoms with E-state index in [9.17, 15) is 31.5 Å². The maximum absolute atomic E-state index is 12.8. The first-order valence-electron chi connectivity index (χ1n) is 11.1. The van der Waals surface area contributed by atoms with Gasteiger partial charge in [-0.1, -0.05) is 12.1 Å². The van der Waals surface area contributed by atoms with Crippen molar-refractivity contribution in [3.63, 3.8) is 0 Å². The molecule has 2 N–H and O–H groups in total. The zero-order valence-corrected chi connectivity index (χ0v) is 18.6. The van der Waals surface area contributed by atoms with Crippen LogP contribution in [0.1, 0.15) is 50.5 Å². The lowest BCUT2D eigenvalue weighted by molar-refractivity contribution is -0.171. The number of rotatable bonds is 6. The highest BCUT2D eigenvalue weighted by molar-refractivity contribution is 5.79. The van der Waals surface area contributed by atoms with Crippen LogP contribution in [0.3, 0.4) is 0 Å². The van der Waals surface area contributed by atoms with E-state index in [1.807, 2.05) is 4.90 Å². The van der Waals surface area contributed by atoms with Crippen molar-refractivity contribution in [2.75, 3.05) is 32.0 Å². The first-order valence-corrected chi connectivity index (χ1v) is 11.1. The number of carbonyl (C=O) groups excluding carboxylic acids is 2. The second-order valence-electron chi connectivity index (χ2n) is 9.42. The first kappa shape index (κ1) is 25.4. The van der Waals surface area contributed by atoms with Gasteiger partial charge in [0, 0.05) is 37.3 Å². The Labute approximate surface area is 190 Å². The molecule has 0 atom stereocenters. The third kappa shape index (κ3) is 6.22. The van der Waals surface area contributed by atoms with Gasteiger partial charge in [-0.05, 0) is 56.1 Å². The summed E-state index contributed by atoms with van der Waals surface area (Å²) >= 11 is 0. The highest BCUT2D eigenvalue weighted by Gasteiger charge is 2.64. The van der Waals surface area contributed by atoms with Crippen LogP contribution in [0.15, 0.2) is 24.3 Å². The van der Waals surface area contributed by atoms with Crippen LogP contribution in [0.2, 0.25) is 0 Å². The minimum absolute atomic E-state index is 0.0146. The summed E-state index contributed by atoms with van der Waals surface area (Å²) in [7, 11) is 1.70. The van der Waals surface area contributed by atoms with Crippen LogP contribution in [0.5, 0.6) is 0 Å². The smallest absolute Gasteiger partial charge is 0.388 e. The van der Waals surface area contributed by atoms with Crippen LogP contribution in [0.25, 0.3) is 0 Å². The van der Waals surface area contributed by atoms with Gasteiger partial charge >= 0.3 is 6.18 Å². The van der Waals surface area contributed by atoms with E-state index in [2.05, 4.69) is 10.6 Å². The fourth-order valence-corrected chi connectivity index (χ4v) is 4.66. The molecule has 1 aromatic carbocycles. The number of halogens is 5. The minimum atomic E-state index is -4.36. The van der Waals surface area contributed by atoms with Crippen molar-refractivity contribution in [2.45, 2.75) is 56.7 Å². The molecule has 2 aliphatic carbocycles. The Kier molecular flexibility index (Phi) is 7.65. The van der Waals surface area contributed by atoms with Gasteiger partial charge in [0.1, 0.15) is 11.8 Å². The molecule has 1 saturated heterocycles. The Morgan fingerprint density at radius 2 is 1.82 bits per heavy atom. The van der Waals surface area contributed by atoms with Crippen molar-refractivity contribution in [1.29, 1.82) is 0 Å². The number of nitrogens with one attached hydrogen (secondary N) is 2. The summed E-state index contributed by atoms with van der Waals surface area (Å²) < 4.78 is 62.5. The summed E-state index contributed by atoms with van der Waals surface area (Å²) in [5.41, 5.74) is -1.02. The molecule has 0 radical (unpaired) electrons. The Morgan fingerprint density at radius 3 is 2.30 bits per heavy atom. The lowest BCUT2D eigenvalue weighted by Gasteiger charge is -2.53. The summed E-state index contributed by atoms with van der Waals surface area (Å²) in [5.74, 6) is -0.379. The van der Waals surface area contributed by atoms with Crippen LogP contribution in [0.4, 0.5) is 27.6 Å². The zero-order valence-electron chi connectivity index (χ0n) is 18.6. The fraction of sp³-hybridized carbons (Fsp3) is 0.652. The second-order valence-corrected chi connectivity index (χ2v) is 9.42. The Bertz CT molecular complexity index is 826. The molecule has 0 aromatic heterocycles. The lowest BCUT2D eigenvalue weighted by Crippen LogP contribution is -2.60. The van der Waals surface area contributed by atoms with Crippen LogP contribution >= 0.6 is 0 Å². The van der Waals surface area contributed by atoms with Crippen molar-refractivity contribution in [3.8, 4) is 0 Å². The summed E-state index contributed by atoms with van der Waals surface area (Å²) in [6.07, 6.45) is -2.03. The van der Waals surface area contributed by atoms with Gasteiger partial charge < -0.3 is 15.4 Å². The van der Waals surface area contributed by atoms with Gasteiger partial charge in [0.2, 0.25) is 5.91 Å². The third-order valence-corrected chi connectivity index (χ3v) is 6.87. The van der Waals surface area contributed by atoms with Gasteiger partial charge in [0.25, 0.3) is 6.43 Å². The number of amides is 1. The Morgan fingerprint density at radius 1 is 1.18 bits per heavy atom. The number of nitrogens with zero attached hydrogens (tertiary/aromatic N) is 1. The molecule has 3 aliphatic rings. The van der Waals surface area contributed by atoms with E-state index in [1.54, 1.807) is 19.2 Å². The second kappa shape index (κ2) is 9.95. The number of aldehydes is 1. The van der Waals surface area contributed by atoms with Crippen LogP contribution < -0.4 is 10.6 Å². The fourth-order valence-electron chi connectivity index (χ4n) is 4.66. The average Bonchev–Trinajstić information content (AvgIpc) is 3.54. The molecule has 1 heterocycles. The minimum Gasteiger partial charge on any atom is -0.388 e. The van der Waals surface area contributed by atoms with E-state index < -0.39 is 24.0 Å². The van der Waals surface area contributed by atoms with Gasteiger partial charge in [-0.15, -0.1) is 0 Å². The SMILES string of the molecule is CNc1cccc(C(F)F)c1.O=CC1CCC2(CC1)CN(CC(=O)NC1(C(F)(F)F)CC1)C2. The van der Waals surface area contributed by atoms with Crippen LogP contribution in [0, 0.1) is 11.3 Å². The van der Waals surface area contributed by atoms with Gasteiger partial charge in [0.05, 0.1) is 6.54 Å². The normalized spacial score (nSPS) is 21.5. The number of anilines is 1. The molecule has 4 rings (SSSR count). The molecule has 33 heavy (non-hydrogen) atoms. The zero-order chi connectivity index (χ0) is 24.3. The molecule has 1 aliphatic heterocycles. The van der Waals surface area contributed by atoms with Gasteiger partial charge in [-0.2, -0.15) is 13.2 Å². The number of likely N-dealkylation sites (tertiary alicyclic amines) is 1. The summed E-state index contributed by atoms with van der Waals surface area (Å²) in [6.45, 7) is 1.55. The van der Waals surface area contributed by atoms with Crippen molar-refractivity contribution in [1.82, 2.24) is 10.2 Å². The van der Waals surface area contributed by atoms with Gasteiger partial charge in [-0.3, -0.25) is 9.69 Å². The maximum atomic E-state index is 12.8. The van der Waals surface area contributed by atoms with Crippen LogP contribution in [-0.4, -0.2) is 55.5 Å². The Hall–Kier alpha value is -2.23. The van der Waals surface area contributed by atoms with E-state index in [-0.39, 0.29) is 36.3 Å². The molecule has 0 bridgehead atoms. The summed E-state index contributed by atoms with van der Waals surface area (Å²) in [6, 6.07) is 6.19. The third-order valence-electron chi connectivity index (χ3n) is 6.87. The molecule has 1 spiro atoms. The Balaban J connectivity index is 0.000000235. The molecule has 0 unspecified atom stereocenters. The van der Waals surface area contributed by atoms with E-state index in [1.165, 1.54) is 12.1 Å². The predicted molar refractivity (Wildman–Crippen MR) is 114 cm³/mol. The monoisotopic (exact) mass is 475 g/mol. The van der Waals surface area contributed by atoms with Crippen molar-refractivity contribution in [2.24, 2.45) is 11.3 Å². The van der Waals surface area contributed by atoms with E-state index in [4.69, 9.17) is 0 Å². The number of carbonyl (C=O) groups is 2. The van der Waals surface area contributed by atoms with E-state index in [0.717, 1.165) is 45.1 Å². The molecule has 10 heteroatoms. The molecular formula is C23H30F5N3O2. The van der Waals surface area contributed by atoms with Crippen molar-refractivity contribution in [3.05, 3.63) is 29.8 Å². The molecular weight excluding hydrogens is 445 g/mol. The largest absolute Gasteiger partial charge is 0.411 e. The number of hydrogen-bond donors (Lipinski definition) is 2. The predicted octanol–water partition coefficient (Wildman–Crippen LogP) is 4.55. The average molecular weight is 476 g/mol. The number of benzene rings is 1. The molecule has 3 fully saturated rings. The summed E-state index contributed by atoms with van der Waals surface area (Å²) in [5, 5.41) is 4.95. The van der Waals surface area contributed by atoms with Crippen LogP contribution in [-0.2, 0) is 9.59 Å². The van der Waals surface area contributed by atoms with Crippen molar-refractivity contribution < 1.29 is 31.5 Å². The summed E-state index contributed by atoms with van der Waals surface area (Å²) in [4.78, 5) is 24.5. The molecule has 184 valence electrons. The molecule has 5 nitrogen and oxygen atoms in total. The van der Waals surface area contributed by atoms with E-state index >= 15 is 0 Å².